The molecule has 0 aliphatic heterocycles. The SMILES string of the molecule is CCCCCCCCCCCCCCCCCCCCNS(=O)(=O)c1cc(I)ccc1I. The van der Waals surface area contributed by atoms with Crippen molar-refractivity contribution >= 4 is 55.2 Å². The van der Waals surface area contributed by atoms with Crippen molar-refractivity contribution in [1.82, 2.24) is 4.72 Å². The summed E-state index contributed by atoms with van der Waals surface area (Å²) in [7, 11) is -3.40. The Morgan fingerprint density at radius 2 is 1.06 bits per heavy atom. The molecular formula is C26H45I2NO2S. The van der Waals surface area contributed by atoms with Crippen LogP contribution in [0.5, 0.6) is 0 Å². The van der Waals surface area contributed by atoms with Gasteiger partial charge in [-0.05, 0) is 69.8 Å². The fourth-order valence-corrected chi connectivity index (χ4v) is 7.08. The highest BCUT2D eigenvalue weighted by Crippen LogP contribution is 2.21. The second-order valence-corrected chi connectivity index (χ2v) is 13.1. The quantitative estimate of drug-likeness (QED) is 0.103. The Kier molecular flexibility index (Phi) is 19.0. The number of sulfonamides is 1. The molecule has 0 aromatic heterocycles. The van der Waals surface area contributed by atoms with Gasteiger partial charge in [-0.3, -0.25) is 0 Å². The van der Waals surface area contributed by atoms with E-state index < -0.39 is 10.0 Å². The van der Waals surface area contributed by atoms with Crippen LogP contribution >= 0.6 is 45.2 Å². The first-order valence-corrected chi connectivity index (χ1v) is 16.6. The molecular weight excluding hydrogens is 644 g/mol. The van der Waals surface area contributed by atoms with Crippen LogP contribution in [0.3, 0.4) is 0 Å². The van der Waals surface area contributed by atoms with Crippen molar-refractivity contribution in [3.8, 4) is 0 Å². The average molecular weight is 690 g/mol. The Balaban J connectivity index is 1.88. The topological polar surface area (TPSA) is 46.2 Å². The van der Waals surface area contributed by atoms with Gasteiger partial charge in [-0.2, -0.15) is 0 Å². The van der Waals surface area contributed by atoms with Gasteiger partial charge in [0.1, 0.15) is 0 Å². The van der Waals surface area contributed by atoms with Crippen LogP contribution in [0.4, 0.5) is 0 Å². The van der Waals surface area contributed by atoms with Gasteiger partial charge in [0, 0.05) is 13.7 Å². The van der Waals surface area contributed by atoms with Crippen LogP contribution < -0.4 is 4.72 Å². The second kappa shape index (κ2) is 19.8. The summed E-state index contributed by atoms with van der Waals surface area (Å²) in [5.74, 6) is 0. The minimum absolute atomic E-state index is 0.396. The summed E-state index contributed by atoms with van der Waals surface area (Å²) in [6.45, 7) is 2.81. The standard InChI is InChI=1S/C26H45I2NO2S/c1-2-3-4-5-6-7-8-9-10-11-12-13-14-15-16-17-18-19-22-29-32(30,31)26-23-24(27)20-21-25(26)28/h20-21,23,29H,2-19,22H2,1H3. The highest BCUT2D eigenvalue weighted by molar-refractivity contribution is 14.1. The third-order valence-electron chi connectivity index (χ3n) is 6.01. The van der Waals surface area contributed by atoms with Crippen LogP contribution in [-0.2, 0) is 10.0 Å². The van der Waals surface area contributed by atoms with Gasteiger partial charge in [0.05, 0.1) is 4.90 Å². The van der Waals surface area contributed by atoms with Crippen molar-refractivity contribution in [2.75, 3.05) is 6.54 Å². The van der Waals surface area contributed by atoms with Crippen LogP contribution in [0, 0.1) is 7.14 Å². The lowest BCUT2D eigenvalue weighted by Gasteiger charge is -2.09. The summed E-state index contributed by atoms with van der Waals surface area (Å²) in [4.78, 5) is 0.396. The Morgan fingerprint density at radius 3 is 1.50 bits per heavy atom. The van der Waals surface area contributed by atoms with Crippen LogP contribution in [0.15, 0.2) is 23.1 Å². The summed E-state index contributed by atoms with van der Waals surface area (Å²) in [5, 5.41) is 0. The maximum absolute atomic E-state index is 12.5. The molecule has 6 heteroatoms. The Bertz CT molecular complexity index is 695. The van der Waals surface area contributed by atoms with Gasteiger partial charge in [0.15, 0.2) is 0 Å². The zero-order valence-corrected chi connectivity index (χ0v) is 25.3. The van der Waals surface area contributed by atoms with E-state index in [0.29, 0.717) is 11.4 Å². The largest absolute Gasteiger partial charge is 0.241 e. The average Bonchev–Trinajstić information content (AvgIpc) is 2.77. The normalized spacial score (nSPS) is 11.8. The van der Waals surface area contributed by atoms with E-state index in [1.807, 2.05) is 12.1 Å². The molecule has 186 valence electrons. The predicted molar refractivity (Wildman–Crippen MR) is 156 cm³/mol. The molecule has 32 heavy (non-hydrogen) atoms. The molecule has 1 aromatic carbocycles. The smallest absolute Gasteiger partial charge is 0.211 e. The van der Waals surface area contributed by atoms with Gasteiger partial charge in [0.2, 0.25) is 10.0 Å². The maximum Gasteiger partial charge on any atom is 0.241 e. The highest BCUT2D eigenvalue weighted by Gasteiger charge is 2.17. The van der Waals surface area contributed by atoms with Crippen LogP contribution in [0.2, 0.25) is 0 Å². The first kappa shape index (κ1) is 30.6. The first-order valence-electron chi connectivity index (χ1n) is 12.9. The third-order valence-corrected chi connectivity index (χ3v) is 9.48. The molecule has 0 heterocycles. The van der Waals surface area contributed by atoms with Gasteiger partial charge in [0.25, 0.3) is 0 Å². The number of unbranched alkanes of at least 4 members (excludes halogenated alkanes) is 17. The van der Waals surface area contributed by atoms with Gasteiger partial charge < -0.3 is 0 Å². The van der Waals surface area contributed by atoms with E-state index in [-0.39, 0.29) is 0 Å². The minimum Gasteiger partial charge on any atom is -0.211 e. The Morgan fingerprint density at radius 1 is 0.656 bits per heavy atom. The highest BCUT2D eigenvalue weighted by atomic mass is 127. The fraction of sp³-hybridized carbons (Fsp3) is 0.769. The molecule has 0 aliphatic carbocycles. The predicted octanol–water partition coefficient (Wildman–Crippen LogP) is 9.22. The van der Waals surface area contributed by atoms with E-state index in [4.69, 9.17) is 0 Å². The zero-order valence-electron chi connectivity index (χ0n) is 20.1. The van der Waals surface area contributed by atoms with Gasteiger partial charge in [-0.1, -0.05) is 116 Å². The number of nitrogens with one attached hydrogen (secondary N) is 1. The number of hydrogen-bond acceptors (Lipinski definition) is 2. The lowest BCUT2D eigenvalue weighted by Crippen LogP contribution is -2.25. The van der Waals surface area contributed by atoms with E-state index in [2.05, 4.69) is 56.8 Å². The van der Waals surface area contributed by atoms with Crippen molar-refractivity contribution in [1.29, 1.82) is 0 Å². The van der Waals surface area contributed by atoms with Crippen molar-refractivity contribution < 1.29 is 8.42 Å². The first-order chi connectivity index (χ1) is 15.5. The molecule has 0 aliphatic rings. The van der Waals surface area contributed by atoms with Crippen LogP contribution in [0.25, 0.3) is 0 Å². The summed E-state index contributed by atoms with van der Waals surface area (Å²) in [6.07, 6.45) is 24.2. The Hall–Kier alpha value is 0.590. The molecule has 0 spiro atoms. The molecule has 0 amide bonds. The molecule has 0 fully saturated rings. The van der Waals surface area contributed by atoms with E-state index in [1.54, 1.807) is 6.07 Å². The van der Waals surface area contributed by atoms with E-state index >= 15 is 0 Å². The zero-order chi connectivity index (χ0) is 23.5. The summed E-state index contributed by atoms with van der Waals surface area (Å²) in [6, 6.07) is 5.52. The second-order valence-electron chi connectivity index (χ2n) is 8.98. The molecule has 0 bridgehead atoms. The molecule has 0 unspecified atom stereocenters. The van der Waals surface area contributed by atoms with Gasteiger partial charge in [-0.15, -0.1) is 0 Å². The van der Waals surface area contributed by atoms with Crippen LogP contribution in [-0.4, -0.2) is 15.0 Å². The lowest BCUT2D eigenvalue weighted by molar-refractivity contribution is 0.524. The molecule has 1 rings (SSSR count). The van der Waals surface area contributed by atoms with Crippen molar-refractivity contribution in [2.45, 2.75) is 127 Å². The lowest BCUT2D eigenvalue weighted by atomic mass is 10.0. The Labute approximate surface area is 226 Å². The number of rotatable bonds is 21. The molecule has 0 atom stereocenters. The van der Waals surface area contributed by atoms with E-state index in [9.17, 15) is 8.42 Å². The maximum atomic E-state index is 12.5. The molecule has 0 saturated heterocycles. The monoisotopic (exact) mass is 689 g/mol. The van der Waals surface area contributed by atoms with Crippen molar-refractivity contribution in [2.24, 2.45) is 0 Å². The van der Waals surface area contributed by atoms with Gasteiger partial charge >= 0.3 is 0 Å². The number of halogens is 2. The van der Waals surface area contributed by atoms with E-state index in [1.165, 1.54) is 103 Å². The summed E-state index contributed by atoms with van der Waals surface area (Å²) >= 11 is 4.24. The molecule has 1 aromatic rings. The number of benzene rings is 1. The fourth-order valence-electron chi connectivity index (χ4n) is 3.99. The molecule has 3 nitrogen and oxygen atoms in total. The molecule has 1 N–H and O–H groups in total. The minimum atomic E-state index is -3.40. The summed E-state index contributed by atoms with van der Waals surface area (Å²) in [5.41, 5.74) is 0. The van der Waals surface area contributed by atoms with Crippen molar-refractivity contribution in [3.63, 3.8) is 0 Å². The van der Waals surface area contributed by atoms with Gasteiger partial charge in [-0.25, -0.2) is 13.1 Å². The summed E-state index contributed by atoms with van der Waals surface area (Å²) < 4.78 is 29.4. The van der Waals surface area contributed by atoms with E-state index in [0.717, 1.165) is 20.0 Å². The third kappa shape index (κ3) is 15.5. The number of hydrogen-bond donors (Lipinski definition) is 1. The van der Waals surface area contributed by atoms with Crippen molar-refractivity contribution in [3.05, 3.63) is 25.3 Å². The molecule has 0 radical (unpaired) electrons. The van der Waals surface area contributed by atoms with Crippen LogP contribution in [0.1, 0.15) is 122 Å². The molecule has 0 saturated carbocycles.